The van der Waals surface area contributed by atoms with Crippen molar-refractivity contribution in [3.05, 3.63) is 74.1 Å². The summed E-state index contributed by atoms with van der Waals surface area (Å²) in [5, 5.41) is 1.85. The molecule has 0 N–H and O–H groups in total. The number of benzene rings is 2. The molecule has 2 aromatic carbocycles. The minimum atomic E-state index is -0.218. The van der Waals surface area contributed by atoms with E-state index in [9.17, 15) is 4.79 Å². The molecule has 0 fully saturated rings. The summed E-state index contributed by atoms with van der Waals surface area (Å²) in [6, 6.07) is 13.6. The lowest BCUT2D eigenvalue weighted by Crippen LogP contribution is -2.33. The monoisotopic (exact) mass is 388 g/mol. The number of amides is 1. The number of fused-ring (bicyclic) bond motifs is 1. The van der Waals surface area contributed by atoms with E-state index < -0.39 is 0 Å². The van der Waals surface area contributed by atoms with Crippen LogP contribution >= 0.6 is 35.0 Å². The minimum absolute atomic E-state index is 0.218. The third-order valence-electron chi connectivity index (χ3n) is 4.26. The van der Waals surface area contributed by atoms with Crippen LogP contribution in [0.15, 0.2) is 52.4 Å². The smallest absolute Gasteiger partial charge is 0.286 e. The topological polar surface area (TPSA) is 32.7 Å². The van der Waals surface area contributed by atoms with Gasteiger partial charge in [0.15, 0.2) is 5.17 Å². The summed E-state index contributed by atoms with van der Waals surface area (Å²) in [5.74, 6) is -0.218. The molecule has 2 aliphatic heterocycles. The molecule has 6 heteroatoms. The second-order valence-corrected chi connectivity index (χ2v) is 7.77. The number of aliphatic imine (C=N–C) groups is 1. The Morgan fingerprint density at radius 2 is 1.92 bits per heavy atom. The molecular weight excluding hydrogens is 375 g/mol. The highest BCUT2D eigenvalue weighted by Crippen LogP contribution is 2.34. The quantitative estimate of drug-likeness (QED) is 0.642. The van der Waals surface area contributed by atoms with Crippen LogP contribution in [-0.2, 0) is 17.8 Å². The van der Waals surface area contributed by atoms with Crippen LogP contribution in [0.4, 0.5) is 0 Å². The summed E-state index contributed by atoms with van der Waals surface area (Å²) in [6.45, 7) is 1.65. The van der Waals surface area contributed by atoms with E-state index in [1.165, 1.54) is 22.9 Å². The van der Waals surface area contributed by atoms with E-state index in [1.54, 1.807) is 24.3 Å². The van der Waals surface area contributed by atoms with E-state index in [-0.39, 0.29) is 5.91 Å². The van der Waals surface area contributed by atoms with Crippen molar-refractivity contribution in [2.45, 2.75) is 13.0 Å². The number of rotatable bonds is 1. The number of carbonyl (C=O) groups is 1. The van der Waals surface area contributed by atoms with Crippen molar-refractivity contribution < 1.29 is 4.79 Å². The molecule has 2 aromatic rings. The maximum Gasteiger partial charge on any atom is 0.286 e. The zero-order chi connectivity index (χ0) is 17.4. The van der Waals surface area contributed by atoms with E-state index in [1.807, 2.05) is 6.07 Å². The Morgan fingerprint density at radius 3 is 2.72 bits per heavy atom. The Labute approximate surface area is 160 Å². The molecule has 3 nitrogen and oxygen atoms in total. The van der Waals surface area contributed by atoms with Crippen molar-refractivity contribution in [3.8, 4) is 0 Å². The molecule has 25 heavy (non-hydrogen) atoms. The van der Waals surface area contributed by atoms with Crippen LogP contribution < -0.4 is 0 Å². The van der Waals surface area contributed by atoms with E-state index in [4.69, 9.17) is 23.2 Å². The van der Waals surface area contributed by atoms with E-state index >= 15 is 0 Å². The largest absolute Gasteiger partial charge is 0.346 e. The highest BCUT2D eigenvalue weighted by molar-refractivity contribution is 8.18. The van der Waals surface area contributed by atoms with Gasteiger partial charge in [-0.25, -0.2) is 0 Å². The Morgan fingerprint density at radius 1 is 1.12 bits per heavy atom. The number of hydrogen-bond donors (Lipinski definition) is 0. The fourth-order valence-corrected chi connectivity index (χ4v) is 4.34. The lowest BCUT2D eigenvalue weighted by molar-refractivity contribution is -0.113. The molecule has 126 valence electrons. The van der Waals surface area contributed by atoms with E-state index in [0.29, 0.717) is 15.0 Å². The fourth-order valence-electron chi connectivity index (χ4n) is 2.95. The van der Waals surface area contributed by atoms with Gasteiger partial charge in [0, 0.05) is 23.1 Å². The first-order valence-corrected chi connectivity index (χ1v) is 9.47. The van der Waals surface area contributed by atoms with Gasteiger partial charge in [0.1, 0.15) is 0 Å². The number of hydrogen-bond acceptors (Lipinski definition) is 3. The van der Waals surface area contributed by atoms with Crippen LogP contribution in [-0.4, -0.2) is 22.5 Å². The normalized spacial score (nSPS) is 18.5. The third kappa shape index (κ3) is 3.47. The average Bonchev–Trinajstić information content (AvgIpc) is 2.98. The predicted octanol–water partition coefficient (Wildman–Crippen LogP) is 5.02. The van der Waals surface area contributed by atoms with Gasteiger partial charge in [-0.2, -0.15) is 4.99 Å². The molecule has 0 bridgehead atoms. The fraction of sp³-hybridized carbons (Fsp3) is 0.158. The maximum atomic E-state index is 12.3. The molecule has 0 radical (unpaired) electrons. The van der Waals surface area contributed by atoms with Crippen LogP contribution in [0.5, 0.6) is 0 Å². The molecule has 2 heterocycles. The number of thioether (sulfide) groups is 1. The third-order valence-corrected chi connectivity index (χ3v) is 5.87. The first-order valence-electron chi connectivity index (χ1n) is 7.89. The standard InChI is InChI=1S/C19H14Cl2N2OS/c20-15-6-5-13(16(21)10-15)9-17-18(24)22-19(25-17)23-8-7-12-3-1-2-4-14(12)11-23/h1-6,9-10H,7-8,11H2. The van der Waals surface area contributed by atoms with Crippen molar-refractivity contribution in [3.63, 3.8) is 0 Å². The van der Waals surface area contributed by atoms with Gasteiger partial charge in [-0.1, -0.05) is 53.5 Å². The van der Waals surface area contributed by atoms with Gasteiger partial charge >= 0.3 is 0 Å². The molecule has 2 aliphatic rings. The summed E-state index contributed by atoms with van der Waals surface area (Å²) >= 11 is 13.5. The summed E-state index contributed by atoms with van der Waals surface area (Å²) in [7, 11) is 0. The SMILES string of the molecule is O=C1N=C(N2CCc3ccccc3C2)SC1=Cc1ccc(Cl)cc1Cl. The molecule has 0 saturated carbocycles. The highest BCUT2D eigenvalue weighted by atomic mass is 35.5. The lowest BCUT2D eigenvalue weighted by Gasteiger charge is -2.29. The molecule has 1 amide bonds. The van der Waals surface area contributed by atoms with Crippen LogP contribution in [0.3, 0.4) is 0 Å². The van der Waals surface area contributed by atoms with Crippen LogP contribution in [0.25, 0.3) is 6.08 Å². The number of carbonyl (C=O) groups excluding carboxylic acids is 1. The van der Waals surface area contributed by atoms with E-state index in [0.717, 1.165) is 30.2 Å². The Kier molecular flexibility index (Phi) is 4.59. The van der Waals surface area contributed by atoms with Gasteiger partial charge in [-0.05, 0) is 53.1 Å². The zero-order valence-electron chi connectivity index (χ0n) is 13.2. The van der Waals surface area contributed by atoms with Crippen molar-refractivity contribution in [2.24, 2.45) is 4.99 Å². The van der Waals surface area contributed by atoms with Crippen molar-refractivity contribution in [1.29, 1.82) is 0 Å². The first kappa shape index (κ1) is 16.7. The van der Waals surface area contributed by atoms with Crippen molar-refractivity contribution >= 4 is 52.1 Å². The molecule has 0 aliphatic carbocycles. The Balaban J connectivity index is 1.54. The minimum Gasteiger partial charge on any atom is -0.346 e. The molecular formula is C19H14Cl2N2OS. The molecule has 4 rings (SSSR count). The Bertz CT molecular complexity index is 923. The van der Waals surface area contributed by atoms with E-state index in [2.05, 4.69) is 28.1 Å². The molecule has 0 unspecified atom stereocenters. The molecule has 0 saturated heterocycles. The summed E-state index contributed by atoms with van der Waals surface area (Å²) in [5.41, 5.74) is 3.43. The first-order chi connectivity index (χ1) is 12.1. The number of nitrogens with zero attached hydrogens (tertiary/aromatic N) is 2. The second-order valence-electron chi connectivity index (χ2n) is 5.92. The van der Waals surface area contributed by atoms with Gasteiger partial charge in [-0.3, -0.25) is 4.79 Å². The zero-order valence-corrected chi connectivity index (χ0v) is 15.5. The van der Waals surface area contributed by atoms with Crippen molar-refractivity contribution in [1.82, 2.24) is 4.90 Å². The van der Waals surface area contributed by atoms with Gasteiger partial charge in [0.2, 0.25) is 0 Å². The lowest BCUT2D eigenvalue weighted by atomic mass is 10.0. The molecule has 0 spiro atoms. The van der Waals surface area contributed by atoms with Gasteiger partial charge in [0.25, 0.3) is 5.91 Å². The Hall–Kier alpha value is -1.75. The number of amidine groups is 1. The maximum absolute atomic E-state index is 12.3. The van der Waals surface area contributed by atoms with Crippen LogP contribution in [0.2, 0.25) is 10.0 Å². The van der Waals surface area contributed by atoms with Crippen molar-refractivity contribution in [2.75, 3.05) is 6.54 Å². The van der Waals surface area contributed by atoms with Gasteiger partial charge in [0.05, 0.1) is 4.91 Å². The van der Waals surface area contributed by atoms with Crippen LogP contribution in [0, 0.1) is 0 Å². The van der Waals surface area contributed by atoms with Crippen LogP contribution in [0.1, 0.15) is 16.7 Å². The van der Waals surface area contributed by atoms with Gasteiger partial charge in [-0.15, -0.1) is 0 Å². The summed E-state index contributed by atoms with van der Waals surface area (Å²) < 4.78 is 0. The van der Waals surface area contributed by atoms with Gasteiger partial charge < -0.3 is 4.90 Å². The highest BCUT2D eigenvalue weighted by Gasteiger charge is 2.28. The second kappa shape index (κ2) is 6.87. The number of halogens is 2. The summed E-state index contributed by atoms with van der Waals surface area (Å²) in [6.07, 6.45) is 2.74. The predicted molar refractivity (Wildman–Crippen MR) is 105 cm³/mol. The average molecular weight is 389 g/mol. The molecule has 0 aromatic heterocycles. The molecule has 0 atom stereocenters. The summed E-state index contributed by atoms with van der Waals surface area (Å²) in [4.78, 5) is 19.3.